The van der Waals surface area contributed by atoms with Gasteiger partial charge in [0.1, 0.15) is 0 Å². The van der Waals surface area contributed by atoms with Gasteiger partial charge < -0.3 is 10.0 Å². The van der Waals surface area contributed by atoms with Crippen molar-refractivity contribution >= 4 is 23.6 Å². The van der Waals surface area contributed by atoms with Gasteiger partial charge in [-0.15, -0.1) is 11.8 Å². The monoisotopic (exact) mass is 293 g/mol. The smallest absolute Gasteiger partial charge is 0.308 e. The van der Waals surface area contributed by atoms with Gasteiger partial charge in [-0.2, -0.15) is 0 Å². The molecule has 1 saturated heterocycles. The number of carboxylic acid groups (broad SMARTS) is 1. The third-order valence-electron chi connectivity index (χ3n) is 3.57. The lowest BCUT2D eigenvalue weighted by atomic mass is 10.1. The Kier molecular flexibility index (Phi) is 4.70. The van der Waals surface area contributed by atoms with E-state index in [1.54, 1.807) is 4.90 Å². The Balaban J connectivity index is 1.88. The zero-order valence-electron chi connectivity index (χ0n) is 11.8. The maximum atomic E-state index is 12.1. The van der Waals surface area contributed by atoms with Crippen molar-refractivity contribution in [2.24, 2.45) is 5.92 Å². The van der Waals surface area contributed by atoms with Crippen LogP contribution < -0.4 is 0 Å². The molecule has 1 heterocycles. The molecule has 1 aromatic rings. The molecule has 0 saturated carbocycles. The second-order valence-corrected chi connectivity index (χ2v) is 6.24. The average Bonchev–Trinajstić information content (AvgIpc) is 2.87. The Morgan fingerprint density at radius 1 is 1.40 bits per heavy atom. The normalized spacial score (nSPS) is 18.3. The zero-order valence-corrected chi connectivity index (χ0v) is 12.6. The number of amides is 1. The minimum Gasteiger partial charge on any atom is -0.481 e. The summed E-state index contributed by atoms with van der Waals surface area (Å²) in [6.07, 6.45) is 0.565. The lowest BCUT2D eigenvalue weighted by Gasteiger charge is -2.16. The molecule has 0 spiro atoms. The molecule has 108 valence electrons. The minimum absolute atomic E-state index is 0.0266. The molecule has 1 aromatic carbocycles. The summed E-state index contributed by atoms with van der Waals surface area (Å²) in [5, 5.41) is 8.94. The van der Waals surface area contributed by atoms with Crippen LogP contribution in [0.2, 0.25) is 0 Å². The lowest BCUT2D eigenvalue weighted by Crippen LogP contribution is -2.31. The van der Waals surface area contributed by atoms with Crippen LogP contribution in [0.5, 0.6) is 0 Å². The lowest BCUT2D eigenvalue weighted by molar-refractivity contribution is -0.141. The molecule has 1 atom stereocenters. The highest BCUT2D eigenvalue weighted by atomic mass is 32.2. The van der Waals surface area contributed by atoms with Gasteiger partial charge >= 0.3 is 5.97 Å². The largest absolute Gasteiger partial charge is 0.481 e. The van der Waals surface area contributed by atoms with Gasteiger partial charge in [0.25, 0.3) is 0 Å². The number of hydrogen-bond donors (Lipinski definition) is 1. The Hall–Kier alpha value is -1.49. The molecule has 0 bridgehead atoms. The van der Waals surface area contributed by atoms with Crippen molar-refractivity contribution in [1.82, 2.24) is 4.90 Å². The molecule has 1 fully saturated rings. The zero-order chi connectivity index (χ0) is 14.7. The van der Waals surface area contributed by atoms with Crippen molar-refractivity contribution in [3.63, 3.8) is 0 Å². The Bertz CT molecular complexity index is 530. The van der Waals surface area contributed by atoms with Crippen LogP contribution in [-0.2, 0) is 9.59 Å². The quantitative estimate of drug-likeness (QED) is 0.866. The van der Waals surface area contributed by atoms with Crippen LogP contribution >= 0.6 is 11.8 Å². The highest BCUT2D eigenvalue weighted by Crippen LogP contribution is 2.24. The van der Waals surface area contributed by atoms with Crippen LogP contribution in [0.1, 0.15) is 17.5 Å². The maximum Gasteiger partial charge on any atom is 0.308 e. The van der Waals surface area contributed by atoms with Crippen molar-refractivity contribution in [2.75, 3.05) is 18.8 Å². The Morgan fingerprint density at radius 2 is 2.15 bits per heavy atom. The third-order valence-corrected chi connectivity index (χ3v) is 4.73. The van der Waals surface area contributed by atoms with Crippen LogP contribution in [0.15, 0.2) is 23.1 Å². The number of aliphatic carboxylic acids is 1. The molecule has 1 aliphatic heterocycles. The van der Waals surface area contributed by atoms with E-state index in [0.717, 1.165) is 4.90 Å². The first kappa shape index (κ1) is 14.9. The average molecular weight is 293 g/mol. The van der Waals surface area contributed by atoms with E-state index in [2.05, 4.69) is 6.07 Å². The predicted octanol–water partition coefficient (Wildman–Crippen LogP) is 2.33. The van der Waals surface area contributed by atoms with Crippen molar-refractivity contribution in [1.29, 1.82) is 0 Å². The molecular weight excluding hydrogens is 274 g/mol. The molecule has 0 aliphatic carbocycles. The van der Waals surface area contributed by atoms with E-state index in [9.17, 15) is 9.59 Å². The third kappa shape index (κ3) is 3.54. The number of thioether (sulfide) groups is 1. The van der Waals surface area contributed by atoms with E-state index in [-0.39, 0.29) is 5.91 Å². The van der Waals surface area contributed by atoms with Crippen molar-refractivity contribution in [2.45, 2.75) is 25.2 Å². The van der Waals surface area contributed by atoms with E-state index in [0.29, 0.717) is 25.3 Å². The molecule has 20 heavy (non-hydrogen) atoms. The molecule has 4 nitrogen and oxygen atoms in total. The number of likely N-dealkylation sites (tertiary alicyclic amines) is 1. The summed E-state index contributed by atoms with van der Waals surface area (Å²) in [4.78, 5) is 25.7. The predicted molar refractivity (Wildman–Crippen MR) is 79.0 cm³/mol. The van der Waals surface area contributed by atoms with Crippen LogP contribution in [0.4, 0.5) is 0 Å². The van der Waals surface area contributed by atoms with E-state index < -0.39 is 11.9 Å². The van der Waals surface area contributed by atoms with Gasteiger partial charge in [-0.3, -0.25) is 9.59 Å². The van der Waals surface area contributed by atoms with Gasteiger partial charge in [-0.05, 0) is 31.9 Å². The summed E-state index contributed by atoms with van der Waals surface area (Å²) < 4.78 is 0. The second-order valence-electron chi connectivity index (χ2n) is 5.22. The Morgan fingerprint density at radius 3 is 2.75 bits per heavy atom. The molecule has 5 heteroatoms. The molecule has 0 aromatic heterocycles. The summed E-state index contributed by atoms with van der Waals surface area (Å²) in [7, 11) is 0. The van der Waals surface area contributed by atoms with E-state index in [4.69, 9.17) is 5.11 Å². The van der Waals surface area contributed by atoms with Gasteiger partial charge in [0.05, 0.1) is 11.7 Å². The SMILES string of the molecule is Cc1ccc(SCC(=O)N2CCC(C(=O)O)C2)c(C)c1. The summed E-state index contributed by atoms with van der Waals surface area (Å²) >= 11 is 1.52. The van der Waals surface area contributed by atoms with E-state index in [1.807, 2.05) is 26.0 Å². The number of nitrogens with zero attached hydrogens (tertiary/aromatic N) is 1. The van der Waals surface area contributed by atoms with Crippen LogP contribution in [-0.4, -0.2) is 40.7 Å². The molecule has 0 radical (unpaired) electrons. The number of carbonyl (C=O) groups is 2. The second kappa shape index (κ2) is 6.31. The van der Waals surface area contributed by atoms with Crippen molar-refractivity contribution < 1.29 is 14.7 Å². The number of carboxylic acids is 1. The number of hydrogen-bond acceptors (Lipinski definition) is 3. The van der Waals surface area contributed by atoms with Gasteiger partial charge in [0.15, 0.2) is 0 Å². The van der Waals surface area contributed by atoms with Crippen LogP contribution in [0.3, 0.4) is 0 Å². The van der Waals surface area contributed by atoms with Gasteiger partial charge in [0.2, 0.25) is 5.91 Å². The first-order valence-corrected chi connectivity index (χ1v) is 7.66. The number of aryl methyl sites for hydroxylation is 2. The fourth-order valence-corrected chi connectivity index (χ4v) is 3.29. The fraction of sp³-hybridized carbons (Fsp3) is 0.467. The number of benzene rings is 1. The minimum atomic E-state index is -0.803. The molecule has 1 amide bonds. The van der Waals surface area contributed by atoms with Gasteiger partial charge in [-0.1, -0.05) is 17.7 Å². The highest BCUT2D eigenvalue weighted by molar-refractivity contribution is 8.00. The first-order chi connectivity index (χ1) is 9.47. The number of rotatable bonds is 4. The summed E-state index contributed by atoms with van der Waals surface area (Å²) in [6.45, 7) is 4.99. The molecule has 1 N–H and O–H groups in total. The van der Waals surface area contributed by atoms with E-state index >= 15 is 0 Å². The summed E-state index contributed by atoms with van der Waals surface area (Å²) in [5.74, 6) is -0.804. The topological polar surface area (TPSA) is 57.6 Å². The summed E-state index contributed by atoms with van der Waals surface area (Å²) in [5.41, 5.74) is 2.38. The van der Waals surface area contributed by atoms with Gasteiger partial charge in [0, 0.05) is 18.0 Å². The molecule has 1 aliphatic rings. The van der Waals surface area contributed by atoms with Crippen molar-refractivity contribution in [3.8, 4) is 0 Å². The fourth-order valence-electron chi connectivity index (χ4n) is 2.38. The summed E-state index contributed by atoms with van der Waals surface area (Å²) in [6, 6.07) is 6.17. The molecule has 1 unspecified atom stereocenters. The van der Waals surface area contributed by atoms with Crippen LogP contribution in [0, 0.1) is 19.8 Å². The van der Waals surface area contributed by atoms with Crippen molar-refractivity contribution in [3.05, 3.63) is 29.3 Å². The Labute approximate surface area is 123 Å². The molecule has 2 rings (SSSR count). The van der Waals surface area contributed by atoms with E-state index in [1.165, 1.54) is 22.9 Å². The van der Waals surface area contributed by atoms with Crippen LogP contribution in [0.25, 0.3) is 0 Å². The first-order valence-electron chi connectivity index (χ1n) is 6.68. The van der Waals surface area contributed by atoms with Gasteiger partial charge in [-0.25, -0.2) is 0 Å². The maximum absolute atomic E-state index is 12.1. The molecular formula is C15H19NO3S. The standard InChI is InChI=1S/C15H19NO3S/c1-10-3-4-13(11(2)7-10)20-9-14(17)16-6-5-12(8-16)15(18)19/h3-4,7,12H,5-6,8-9H2,1-2H3,(H,18,19). The highest BCUT2D eigenvalue weighted by Gasteiger charge is 2.30. The number of carbonyl (C=O) groups excluding carboxylic acids is 1.